The van der Waals surface area contributed by atoms with Crippen LogP contribution in [-0.4, -0.2) is 6.54 Å². The molecule has 2 aromatic rings. The average molecular weight is 293 g/mol. The van der Waals surface area contributed by atoms with E-state index in [9.17, 15) is 13.2 Å². The summed E-state index contributed by atoms with van der Waals surface area (Å²) >= 11 is 0. The summed E-state index contributed by atoms with van der Waals surface area (Å²) in [5.41, 5.74) is 1.51. The number of nitrogens with one attached hydrogen (secondary N) is 1. The first-order valence-corrected chi connectivity index (χ1v) is 7.01. The predicted octanol–water partition coefficient (Wildman–Crippen LogP) is 4.83. The van der Waals surface area contributed by atoms with Crippen molar-refractivity contribution in [3.05, 3.63) is 59.4 Å². The van der Waals surface area contributed by atoms with Crippen molar-refractivity contribution < 1.29 is 13.2 Å². The van der Waals surface area contributed by atoms with Gasteiger partial charge < -0.3 is 5.32 Å². The fourth-order valence-corrected chi connectivity index (χ4v) is 2.18. The van der Waals surface area contributed by atoms with E-state index in [0.717, 1.165) is 30.7 Å². The maximum Gasteiger partial charge on any atom is 0.159 e. The van der Waals surface area contributed by atoms with Crippen molar-refractivity contribution in [1.82, 2.24) is 5.32 Å². The third kappa shape index (κ3) is 3.64. The fourth-order valence-electron chi connectivity index (χ4n) is 2.18. The number of hydrogen-bond donors (Lipinski definition) is 1. The highest BCUT2D eigenvalue weighted by molar-refractivity contribution is 5.65. The lowest BCUT2D eigenvalue weighted by molar-refractivity contribution is 0.509. The van der Waals surface area contributed by atoms with Crippen LogP contribution in [0.2, 0.25) is 0 Å². The molecule has 2 rings (SSSR count). The Hall–Kier alpha value is -1.81. The molecular weight excluding hydrogens is 275 g/mol. The van der Waals surface area contributed by atoms with Crippen LogP contribution in [0.25, 0.3) is 11.1 Å². The minimum Gasteiger partial charge on any atom is -0.310 e. The molecule has 0 aliphatic heterocycles. The standard InChI is InChI=1S/C17H18F3N/c1-3-8-21-11(2)12-4-6-15(18)14(9-12)13-5-7-16(19)17(20)10-13/h4-7,9-11,21H,3,8H2,1-2H3. The molecule has 1 N–H and O–H groups in total. The van der Waals surface area contributed by atoms with Crippen molar-refractivity contribution in [2.24, 2.45) is 0 Å². The minimum atomic E-state index is -0.977. The Balaban J connectivity index is 2.36. The topological polar surface area (TPSA) is 12.0 Å². The van der Waals surface area contributed by atoms with Crippen LogP contribution in [0.4, 0.5) is 13.2 Å². The van der Waals surface area contributed by atoms with Crippen LogP contribution in [-0.2, 0) is 0 Å². The maximum atomic E-state index is 14.0. The maximum absolute atomic E-state index is 14.0. The summed E-state index contributed by atoms with van der Waals surface area (Å²) in [4.78, 5) is 0. The largest absolute Gasteiger partial charge is 0.310 e. The van der Waals surface area contributed by atoms with E-state index in [0.29, 0.717) is 5.56 Å². The molecule has 0 fully saturated rings. The monoisotopic (exact) mass is 293 g/mol. The highest BCUT2D eigenvalue weighted by Gasteiger charge is 2.12. The minimum absolute atomic E-state index is 0.0644. The van der Waals surface area contributed by atoms with E-state index < -0.39 is 17.5 Å². The first-order valence-electron chi connectivity index (χ1n) is 7.01. The molecule has 0 amide bonds. The molecule has 1 nitrogen and oxygen atoms in total. The zero-order chi connectivity index (χ0) is 15.4. The smallest absolute Gasteiger partial charge is 0.159 e. The lowest BCUT2D eigenvalue weighted by Gasteiger charge is -2.15. The number of rotatable bonds is 5. The van der Waals surface area contributed by atoms with Gasteiger partial charge in [-0.2, -0.15) is 0 Å². The Kier molecular flexibility index (Phi) is 5.02. The van der Waals surface area contributed by atoms with Gasteiger partial charge in [0.05, 0.1) is 0 Å². The van der Waals surface area contributed by atoms with Gasteiger partial charge in [0.2, 0.25) is 0 Å². The first-order chi connectivity index (χ1) is 10.0. The van der Waals surface area contributed by atoms with Crippen molar-refractivity contribution in [1.29, 1.82) is 0 Å². The Morgan fingerprint density at radius 2 is 1.67 bits per heavy atom. The van der Waals surface area contributed by atoms with Crippen molar-refractivity contribution in [2.45, 2.75) is 26.3 Å². The Labute approximate surface area is 122 Å². The van der Waals surface area contributed by atoms with Gasteiger partial charge in [-0.15, -0.1) is 0 Å². The Bertz CT molecular complexity index is 625. The molecule has 0 aliphatic rings. The van der Waals surface area contributed by atoms with Gasteiger partial charge >= 0.3 is 0 Å². The number of benzene rings is 2. The van der Waals surface area contributed by atoms with Crippen LogP contribution in [0, 0.1) is 17.5 Å². The molecule has 112 valence electrons. The molecule has 0 radical (unpaired) electrons. The van der Waals surface area contributed by atoms with Crippen LogP contribution >= 0.6 is 0 Å². The molecule has 0 spiro atoms. The molecule has 2 aromatic carbocycles. The molecule has 4 heteroatoms. The number of halogens is 3. The third-order valence-electron chi connectivity index (χ3n) is 3.42. The number of hydrogen-bond acceptors (Lipinski definition) is 1. The first kappa shape index (κ1) is 15.6. The lowest BCUT2D eigenvalue weighted by atomic mass is 9.99. The second-order valence-corrected chi connectivity index (χ2v) is 5.04. The Morgan fingerprint density at radius 1 is 0.952 bits per heavy atom. The van der Waals surface area contributed by atoms with E-state index in [1.807, 2.05) is 6.92 Å². The zero-order valence-corrected chi connectivity index (χ0v) is 12.1. The highest BCUT2D eigenvalue weighted by Crippen LogP contribution is 2.27. The van der Waals surface area contributed by atoms with E-state index in [1.165, 1.54) is 12.1 Å². The second-order valence-electron chi connectivity index (χ2n) is 5.04. The summed E-state index contributed by atoms with van der Waals surface area (Å²) in [6.07, 6.45) is 1.00. The molecule has 1 unspecified atom stereocenters. The molecule has 0 bridgehead atoms. The SMILES string of the molecule is CCCNC(C)c1ccc(F)c(-c2ccc(F)c(F)c2)c1. The van der Waals surface area contributed by atoms with Crippen LogP contribution < -0.4 is 5.32 Å². The van der Waals surface area contributed by atoms with E-state index in [1.54, 1.807) is 12.1 Å². The summed E-state index contributed by atoms with van der Waals surface area (Å²) < 4.78 is 40.3. The van der Waals surface area contributed by atoms with Gasteiger partial charge in [0, 0.05) is 11.6 Å². The van der Waals surface area contributed by atoms with Gasteiger partial charge in [0.15, 0.2) is 11.6 Å². The summed E-state index contributed by atoms with van der Waals surface area (Å²) in [5, 5.41) is 3.31. The van der Waals surface area contributed by atoms with Crippen molar-refractivity contribution >= 4 is 0 Å². The summed E-state index contributed by atoms with van der Waals surface area (Å²) in [6.45, 7) is 4.91. The summed E-state index contributed by atoms with van der Waals surface area (Å²) in [7, 11) is 0. The van der Waals surface area contributed by atoms with Crippen LogP contribution in [0.1, 0.15) is 31.9 Å². The second kappa shape index (κ2) is 6.76. The third-order valence-corrected chi connectivity index (χ3v) is 3.42. The van der Waals surface area contributed by atoms with Crippen molar-refractivity contribution in [2.75, 3.05) is 6.54 Å². The molecular formula is C17H18F3N. The van der Waals surface area contributed by atoms with Crippen LogP contribution in [0.15, 0.2) is 36.4 Å². The summed E-state index contributed by atoms with van der Waals surface area (Å²) in [5.74, 6) is -2.37. The van der Waals surface area contributed by atoms with Crippen LogP contribution in [0.5, 0.6) is 0 Å². The van der Waals surface area contributed by atoms with Crippen LogP contribution in [0.3, 0.4) is 0 Å². The molecule has 1 atom stereocenters. The molecule has 0 saturated heterocycles. The van der Waals surface area contributed by atoms with Crippen molar-refractivity contribution in [3.63, 3.8) is 0 Å². The molecule has 0 saturated carbocycles. The molecule has 0 aromatic heterocycles. The quantitative estimate of drug-likeness (QED) is 0.832. The van der Waals surface area contributed by atoms with Gasteiger partial charge in [-0.25, -0.2) is 13.2 Å². The van der Waals surface area contributed by atoms with E-state index in [2.05, 4.69) is 12.2 Å². The van der Waals surface area contributed by atoms with E-state index in [4.69, 9.17) is 0 Å². The van der Waals surface area contributed by atoms with Gasteiger partial charge in [-0.05, 0) is 55.3 Å². The zero-order valence-electron chi connectivity index (χ0n) is 12.1. The molecule has 0 aliphatic carbocycles. The predicted molar refractivity (Wildman–Crippen MR) is 78.5 cm³/mol. The molecule has 21 heavy (non-hydrogen) atoms. The van der Waals surface area contributed by atoms with E-state index >= 15 is 0 Å². The van der Waals surface area contributed by atoms with Gasteiger partial charge in [-0.1, -0.05) is 19.1 Å². The van der Waals surface area contributed by atoms with Gasteiger partial charge in [-0.3, -0.25) is 0 Å². The normalized spacial score (nSPS) is 12.4. The molecule has 0 heterocycles. The lowest BCUT2D eigenvalue weighted by Crippen LogP contribution is -2.19. The summed E-state index contributed by atoms with van der Waals surface area (Å²) in [6, 6.07) is 8.20. The van der Waals surface area contributed by atoms with Crippen molar-refractivity contribution in [3.8, 4) is 11.1 Å². The fraction of sp³-hybridized carbons (Fsp3) is 0.294. The van der Waals surface area contributed by atoms with Gasteiger partial charge in [0.1, 0.15) is 5.82 Å². The van der Waals surface area contributed by atoms with E-state index in [-0.39, 0.29) is 11.6 Å². The average Bonchev–Trinajstić information content (AvgIpc) is 2.48. The highest BCUT2D eigenvalue weighted by atomic mass is 19.2. The Morgan fingerprint density at radius 3 is 2.33 bits per heavy atom. The van der Waals surface area contributed by atoms with Gasteiger partial charge in [0.25, 0.3) is 0 Å².